The first kappa shape index (κ1) is 31.6. The van der Waals surface area contributed by atoms with Crippen LogP contribution in [0.15, 0.2) is 24.3 Å². The highest BCUT2D eigenvalue weighted by molar-refractivity contribution is 5.87. The molecule has 0 aliphatic heterocycles. The van der Waals surface area contributed by atoms with E-state index in [1.165, 1.54) is 70.6 Å². The Bertz CT molecular complexity index is 468. The smallest absolute Gasteiger partial charge is 0.333 e. The second-order valence-electron chi connectivity index (χ2n) is 8.43. The van der Waals surface area contributed by atoms with Gasteiger partial charge in [-0.05, 0) is 26.7 Å². The lowest BCUT2D eigenvalue weighted by Crippen LogP contribution is -2.05. The average molecular weight is 439 g/mol. The molecule has 4 heteroatoms. The van der Waals surface area contributed by atoms with Gasteiger partial charge in [0.05, 0.1) is 13.2 Å². The number of carbonyl (C=O) groups is 2. The molecule has 4 nitrogen and oxygen atoms in total. The Morgan fingerprint density at radius 3 is 1.03 bits per heavy atom. The molecule has 0 unspecified atom stereocenters. The number of hydrogen-bond donors (Lipinski definition) is 0. The molecule has 0 aromatic carbocycles. The van der Waals surface area contributed by atoms with Crippen molar-refractivity contribution in [1.82, 2.24) is 0 Å². The minimum absolute atomic E-state index is 0.261. The molecule has 0 aromatic heterocycles. The number of rotatable bonds is 19. The van der Waals surface area contributed by atoms with E-state index in [-0.39, 0.29) is 11.9 Å². The van der Waals surface area contributed by atoms with E-state index < -0.39 is 0 Å². The molecule has 0 heterocycles. The summed E-state index contributed by atoms with van der Waals surface area (Å²) in [6.07, 6.45) is 18.7. The minimum atomic E-state index is -0.263. The SMILES string of the molecule is C=C(C)C(=O)OCCCCCCCCC.C=C(C)C(=O)OCCCCCCCCCC. The predicted octanol–water partition coefficient (Wildman–Crippen LogP) is 8.10. The van der Waals surface area contributed by atoms with Crippen LogP contribution in [0, 0.1) is 0 Å². The highest BCUT2D eigenvalue weighted by Gasteiger charge is 2.02. The van der Waals surface area contributed by atoms with Gasteiger partial charge in [-0.1, -0.05) is 110 Å². The van der Waals surface area contributed by atoms with Crippen LogP contribution < -0.4 is 0 Å². The minimum Gasteiger partial charge on any atom is -0.462 e. The van der Waals surface area contributed by atoms with Crippen LogP contribution in [0.5, 0.6) is 0 Å². The van der Waals surface area contributed by atoms with Crippen molar-refractivity contribution in [2.75, 3.05) is 13.2 Å². The van der Waals surface area contributed by atoms with Gasteiger partial charge < -0.3 is 9.47 Å². The molecule has 0 amide bonds. The Morgan fingerprint density at radius 1 is 0.516 bits per heavy atom. The van der Waals surface area contributed by atoms with Crippen molar-refractivity contribution in [3.05, 3.63) is 24.3 Å². The van der Waals surface area contributed by atoms with Gasteiger partial charge in [-0.15, -0.1) is 0 Å². The molecular formula is C27H50O4. The van der Waals surface area contributed by atoms with Crippen LogP contribution in [0.25, 0.3) is 0 Å². The third-order valence-electron chi connectivity index (χ3n) is 4.91. The first-order chi connectivity index (χ1) is 14.9. The second kappa shape index (κ2) is 24.7. The summed E-state index contributed by atoms with van der Waals surface area (Å²) < 4.78 is 10.0. The summed E-state index contributed by atoms with van der Waals surface area (Å²) >= 11 is 0. The molecule has 0 bridgehead atoms. The zero-order chi connectivity index (χ0) is 23.7. The first-order valence-corrected chi connectivity index (χ1v) is 12.5. The van der Waals surface area contributed by atoms with Crippen LogP contribution in [0.4, 0.5) is 0 Å². The van der Waals surface area contributed by atoms with Gasteiger partial charge in [-0.25, -0.2) is 9.59 Å². The lowest BCUT2D eigenvalue weighted by atomic mass is 10.1. The van der Waals surface area contributed by atoms with Gasteiger partial charge in [-0.2, -0.15) is 0 Å². The fourth-order valence-electron chi connectivity index (χ4n) is 2.87. The molecule has 182 valence electrons. The van der Waals surface area contributed by atoms with Crippen molar-refractivity contribution in [3.63, 3.8) is 0 Å². The quantitative estimate of drug-likeness (QED) is 0.116. The molecule has 0 radical (unpaired) electrons. The van der Waals surface area contributed by atoms with Gasteiger partial charge in [0, 0.05) is 11.1 Å². The molecular weight excluding hydrogens is 388 g/mol. The van der Waals surface area contributed by atoms with E-state index >= 15 is 0 Å². The predicted molar refractivity (Wildman–Crippen MR) is 132 cm³/mol. The molecule has 0 aromatic rings. The summed E-state index contributed by atoms with van der Waals surface area (Å²) in [7, 11) is 0. The van der Waals surface area contributed by atoms with Gasteiger partial charge in [0.15, 0.2) is 0 Å². The zero-order valence-electron chi connectivity index (χ0n) is 21.1. The summed E-state index contributed by atoms with van der Waals surface area (Å²) in [5.74, 6) is -0.524. The first-order valence-electron chi connectivity index (χ1n) is 12.5. The van der Waals surface area contributed by atoms with E-state index in [2.05, 4.69) is 27.0 Å². The molecule has 0 atom stereocenters. The molecule has 0 saturated heterocycles. The Kier molecular flexibility index (Phi) is 25.2. The third kappa shape index (κ3) is 26.4. The fraction of sp³-hybridized carbons (Fsp3) is 0.778. The van der Waals surface area contributed by atoms with Crippen LogP contribution in [0.3, 0.4) is 0 Å². The summed E-state index contributed by atoms with van der Waals surface area (Å²) in [5, 5.41) is 0. The van der Waals surface area contributed by atoms with E-state index in [4.69, 9.17) is 9.47 Å². The Balaban J connectivity index is 0. The normalized spacial score (nSPS) is 10.1. The lowest BCUT2D eigenvalue weighted by Gasteiger charge is -2.04. The zero-order valence-corrected chi connectivity index (χ0v) is 21.1. The molecule has 0 N–H and O–H groups in total. The van der Waals surface area contributed by atoms with Crippen molar-refractivity contribution < 1.29 is 19.1 Å². The van der Waals surface area contributed by atoms with Crippen LogP contribution in [-0.2, 0) is 19.1 Å². The molecule has 0 rings (SSSR count). The molecule has 0 fully saturated rings. The maximum atomic E-state index is 11.0. The summed E-state index contributed by atoms with van der Waals surface area (Å²) in [5.41, 5.74) is 0.970. The fourth-order valence-corrected chi connectivity index (χ4v) is 2.87. The summed E-state index contributed by atoms with van der Waals surface area (Å²) in [6, 6.07) is 0. The Labute approximate surface area is 192 Å². The van der Waals surface area contributed by atoms with Crippen molar-refractivity contribution in [2.24, 2.45) is 0 Å². The van der Waals surface area contributed by atoms with Crippen LogP contribution in [0.1, 0.15) is 124 Å². The maximum absolute atomic E-state index is 11.0. The second-order valence-corrected chi connectivity index (χ2v) is 8.43. The van der Waals surface area contributed by atoms with Gasteiger partial charge in [0.2, 0.25) is 0 Å². The van der Waals surface area contributed by atoms with Crippen molar-refractivity contribution in [2.45, 2.75) is 124 Å². The Morgan fingerprint density at radius 2 is 0.774 bits per heavy atom. The summed E-state index contributed by atoms with van der Waals surface area (Å²) in [6.45, 7) is 16.0. The number of esters is 2. The standard InChI is InChI=1S/C14H26O2.C13H24O2/c1-4-5-6-7-8-9-10-11-12-16-14(15)13(2)3;1-4-5-6-7-8-9-10-11-15-13(14)12(2)3/h2,4-12H2,1,3H3;2,4-11H2,1,3H3. The molecule has 0 spiro atoms. The third-order valence-corrected chi connectivity index (χ3v) is 4.91. The van der Waals surface area contributed by atoms with Crippen LogP contribution in [-0.4, -0.2) is 25.2 Å². The van der Waals surface area contributed by atoms with E-state index in [0.717, 1.165) is 25.7 Å². The number of hydrogen-bond acceptors (Lipinski definition) is 4. The molecule has 0 saturated carbocycles. The van der Waals surface area contributed by atoms with Crippen LogP contribution >= 0.6 is 0 Å². The number of carbonyl (C=O) groups excluding carboxylic acids is 2. The maximum Gasteiger partial charge on any atom is 0.333 e. The number of ether oxygens (including phenoxy) is 2. The topological polar surface area (TPSA) is 52.6 Å². The summed E-state index contributed by atoms with van der Waals surface area (Å²) in [4.78, 5) is 22.0. The molecule has 0 aliphatic carbocycles. The van der Waals surface area contributed by atoms with Crippen molar-refractivity contribution in [1.29, 1.82) is 0 Å². The Hall–Kier alpha value is -1.58. The van der Waals surface area contributed by atoms with Crippen molar-refractivity contribution >= 4 is 11.9 Å². The van der Waals surface area contributed by atoms with E-state index in [0.29, 0.717) is 24.4 Å². The monoisotopic (exact) mass is 438 g/mol. The van der Waals surface area contributed by atoms with E-state index in [9.17, 15) is 9.59 Å². The molecule has 0 aliphatic rings. The average Bonchev–Trinajstić information content (AvgIpc) is 2.74. The van der Waals surface area contributed by atoms with Gasteiger partial charge in [-0.3, -0.25) is 0 Å². The molecule has 31 heavy (non-hydrogen) atoms. The van der Waals surface area contributed by atoms with Gasteiger partial charge in [0.25, 0.3) is 0 Å². The van der Waals surface area contributed by atoms with Gasteiger partial charge in [0.1, 0.15) is 0 Å². The highest BCUT2D eigenvalue weighted by Crippen LogP contribution is 2.09. The van der Waals surface area contributed by atoms with E-state index in [1.807, 2.05) is 0 Å². The van der Waals surface area contributed by atoms with Gasteiger partial charge >= 0.3 is 11.9 Å². The largest absolute Gasteiger partial charge is 0.462 e. The van der Waals surface area contributed by atoms with E-state index in [1.54, 1.807) is 13.8 Å². The van der Waals surface area contributed by atoms with Crippen LogP contribution in [0.2, 0.25) is 0 Å². The van der Waals surface area contributed by atoms with Crippen molar-refractivity contribution in [3.8, 4) is 0 Å². The lowest BCUT2D eigenvalue weighted by molar-refractivity contribution is -0.139. The number of unbranched alkanes of at least 4 members (excludes halogenated alkanes) is 13. The highest BCUT2D eigenvalue weighted by atomic mass is 16.5.